The standard InChI is InChI=1S/C29H26F2N2O5S/c1-18(2)39(36,37)33-26-5-3-4-22(28(26)31)17-38-27-15-12-23(16-25(27)30)32-29(35)21-8-6-19(7-9-21)20-10-13-24(34)14-11-20/h3-16,18,33-34H,17H2,1-2H3,(H,32,35). The second kappa shape index (κ2) is 11.5. The van der Waals surface area contributed by atoms with Gasteiger partial charge in [0, 0.05) is 22.9 Å². The van der Waals surface area contributed by atoms with Crippen molar-refractivity contribution in [1.29, 1.82) is 0 Å². The minimum absolute atomic E-state index is 0.0338. The second-order valence-corrected chi connectivity index (χ2v) is 11.2. The molecule has 7 nitrogen and oxygen atoms in total. The number of amides is 1. The molecule has 0 aliphatic carbocycles. The van der Waals surface area contributed by atoms with Gasteiger partial charge < -0.3 is 15.2 Å². The molecule has 0 heterocycles. The summed E-state index contributed by atoms with van der Waals surface area (Å²) in [6.45, 7) is 2.59. The Kier molecular flexibility index (Phi) is 8.15. The lowest BCUT2D eigenvalue weighted by Crippen LogP contribution is -2.23. The van der Waals surface area contributed by atoms with Crippen LogP contribution in [0.25, 0.3) is 11.1 Å². The van der Waals surface area contributed by atoms with Gasteiger partial charge in [-0.05, 0) is 67.4 Å². The first-order valence-corrected chi connectivity index (χ1v) is 13.5. The summed E-state index contributed by atoms with van der Waals surface area (Å²) < 4.78 is 61.3. The molecule has 0 fully saturated rings. The third-order valence-electron chi connectivity index (χ3n) is 5.87. The van der Waals surface area contributed by atoms with Gasteiger partial charge >= 0.3 is 0 Å². The molecule has 0 radical (unpaired) electrons. The number of halogens is 2. The number of phenolic OH excluding ortho intramolecular Hbond substituents is 1. The minimum Gasteiger partial charge on any atom is -0.508 e. The summed E-state index contributed by atoms with van der Waals surface area (Å²) in [5.74, 6) is -2.04. The summed E-state index contributed by atoms with van der Waals surface area (Å²) in [6.07, 6.45) is 0. The van der Waals surface area contributed by atoms with Crippen molar-refractivity contribution in [3.8, 4) is 22.6 Å². The minimum atomic E-state index is -3.75. The number of hydrogen-bond acceptors (Lipinski definition) is 5. The maximum absolute atomic E-state index is 14.8. The summed E-state index contributed by atoms with van der Waals surface area (Å²) in [7, 11) is -3.75. The van der Waals surface area contributed by atoms with Gasteiger partial charge in [0.25, 0.3) is 5.91 Å². The molecule has 3 N–H and O–H groups in total. The Morgan fingerprint density at radius 2 is 1.56 bits per heavy atom. The van der Waals surface area contributed by atoms with Crippen LogP contribution in [0.5, 0.6) is 11.5 Å². The SMILES string of the molecule is CC(C)S(=O)(=O)Nc1cccc(COc2ccc(NC(=O)c3ccc(-c4ccc(O)cc4)cc3)cc2F)c1F. The molecule has 0 saturated heterocycles. The predicted molar refractivity (Wildman–Crippen MR) is 146 cm³/mol. The number of carbonyl (C=O) groups is 1. The van der Waals surface area contributed by atoms with Crippen molar-refractivity contribution in [2.24, 2.45) is 0 Å². The Labute approximate surface area is 225 Å². The van der Waals surface area contributed by atoms with Gasteiger partial charge in [-0.3, -0.25) is 9.52 Å². The van der Waals surface area contributed by atoms with E-state index >= 15 is 0 Å². The molecule has 4 rings (SSSR count). The lowest BCUT2D eigenvalue weighted by molar-refractivity contribution is 0.102. The molecule has 1 amide bonds. The van der Waals surface area contributed by atoms with E-state index in [1.807, 2.05) is 0 Å². The number of sulfonamides is 1. The average molecular weight is 553 g/mol. The lowest BCUT2D eigenvalue weighted by atomic mass is 10.0. The first-order chi connectivity index (χ1) is 18.5. The molecule has 0 saturated carbocycles. The van der Waals surface area contributed by atoms with Crippen molar-refractivity contribution in [3.63, 3.8) is 0 Å². The van der Waals surface area contributed by atoms with Crippen molar-refractivity contribution in [2.45, 2.75) is 25.7 Å². The van der Waals surface area contributed by atoms with Gasteiger partial charge in [0.15, 0.2) is 17.4 Å². The zero-order valence-corrected chi connectivity index (χ0v) is 21.9. The molecule has 0 aliphatic heterocycles. The van der Waals surface area contributed by atoms with Gasteiger partial charge in [0.1, 0.15) is 12.4 Å². The second-order valence-electron chi connectivity index (χ2n) is 8.99. The highest BCUT2D eigenvalue weighted by Crippen LogP contribution is 2.26. The zero-order chi connectivity index (χ0) is 28.2. The zero-order valence-electron chi connectivity index (χ0n) is 21.1. The summed E-state index contributed by atoms with van der Waals surface area (Å²) >= 11 is 0. The van der Waals surface area contributed by atoms with Gasteiger partial charge in [-0.2, -0.15) is 0 Å². The number of nitrogens with one attached hydrogen (secondary N) is 2. The topological polar surface area (TPSA) is 105 Å². The van der Waals surface area contributed by atoms with Crippen LogP contribution in [0.3, 0.4) is 0 Å². The number of carbonyl (C=O) groups excluding carboxylic acids is 1. The highest BCUT2D eigenvalue weighted by Gasteiger charge is 2.19. The smallest absolute Gasteiger partial charge is 0.255 e. The van der Waals surface area contributed by atoms with Crippen LogP contribution in [0.2, 0.25) is 0 Å². The normalized spacial score (nSPS) is 11.3. The Morgan fingerprint density at radius 1 is 0.923 bits per heavy atom. The monoisotopic (exact) mass is 552 g/mol. The van der Waals surface area contributed by atoms with Gasteiger partial charge in [0.05, 0.1) is 10.9 Å². The molecule has 0 unspecified atom stereocenters. The van der Waals surface area contributed by atoms with Gasteiger partial charge in [-0.25, -0.2) is 17.2 Å². The van der Waals surface area contributed by atoms with Gasteiger partial charge in [-0.1, -0.05) is 36.4 Å². The fourth-order valence-corrected chi connectivity index (χ4v) is 4.26. The maximum Gasteiger partial charge on any atom is 0.255 e. The Hall–Kier alpha value is -4.44. The number of anilines is 2. The van der Waals surface area contributed by atoms with E-state index in [-0.39, 0.29) is 35.0 Å². The number of aromatic hydroxyl groups is 1. The molecule has 0 bridgehead atoms. The predicted octanol–water partition coefficient (Wildman–Crippen LogP) is 6.32. The van der Waals surface area contributed by atoms with Crippen molar-refractivity contribution in [2.75, 3.05) is 10.0 Å². The molecule has 0 spiro atoms. The molecule has 0 atom stereocenters. The lowest BCUT2D eigenvalue weighted by Gasteiger charge is -2.14. The molecule has 202 valence electrons. The number of benzene rings is 4. The van der Waals surface area contributed by atoms with Crippen LogP contribution < -0.4 is 14.8 Å². The number of hydrogen-bond donors (Lipinski definition) is 3. The highest BCUT2D eigenvalue weighted by atomic mass is 32.2. The summed E-state index contributed by atoms with van der Waals surface area (Å²) in [4.78, 5) is 12.6. The fraction of sp³-hybridized carbons (Fsp3) is 0.138. The Bertz CT molecular complexity index is 1590. The third-order valence-corrected chi connectivity index (χ3v) is 7.62. The maximum atomic E-state index is 14.8. The molecule has 0 aliphatic rings. The molecule has 4 aromatic rings. The van der Waals surface area contributed by atoms with E-state index in [4.69, 9.17) is 4.74 Å². The van der Waals surface area contributed by atoms with Crippen molar-refractivity contribution < 1.29 is 31.8 Å². The summed E-state index contributed by atoms with van der Waals surface area (Å²) in [5, 5.41) is 11.3. The van der Waals surface area contributed by atoms with E-state index < -0.39 is 32.8 Å². The summed E-state index contributed by atoms with van der Waals surface area (Å²) in [6, 6.07) is 21.5. The molecule has 4 aromatic carbocycles. The van der Waals surface area contributed by atoms with Crippen molar-refractivity contribution in [1.82, 2.24) is 0 Å². The van der Waals surface area contributed by atoms with Crippen LogP contribution in [0.15, 0.2) is 84.9 Å². The molecule has 0 aromatic heterocycles. The first kappa shape index (κ1) is 27.6. The van der Waals surface area contributed by atoms with E-state index in [9.17, 15) is 27.1 Å². The van der Waals surface area contributed by atoms with E-state index in [1.165, 1.54) is 44.2 Å². The van der Waals surface area contributed by atoms with E-state index in [0.717, 1.165) is 17.2 Å². The average Bonchev–Trinajstić information content (AvgIpc) is 2.90. The van der Waals surface area contributed by atoms with Crippen LogP contribution in [-0.2, 0) is 16.6 Å². The Balaban J connectivity index is 1.39. The van der Waals surface area contributed by atoms with Crippen LogP contribution >= 0.6 is 0 Å². The molecular formula is C29H26F2N2O5S. The molecule has 10 heteroatoms. The fourth-order valence-electron chi connectivity index (χ4n) is 3.56. The van der Waals surface area contributed by atoms with Crippen molar-refractivity contribution >= 4 is 27.3 Å². The third kappa shape index (κ3) is 6.71. The number of phenols is 1. The number of ether oxygens (including phenoxy) is 1. The molecule has 39 heavy (non-hydrogen) atoms. The van der Waals surface area contributed by atoms with E-state index in [2.05, 4.69) is 10.0 Å². The van der Waals surface area contributed by atoms with E-state index in [0.29, 0.717) is 5.56 Å². The quantitative estimate of drug-likeness (QED) is 0.225. The number of rotatable bonds is 9. The Morgan fingerprint density at radius 3 is 2.18 bits per heavy atom. The molecular weight excluding hydrogens is 526 g/mol. The summed E-state index contributed by atoms with van der Waals surface area (Å²) in [5.41, 5.74) is 2.11. The van der Waals surface area contributed by atoms with Crippen molar-refractivity contribution in [3.05, 3.63) is 108 Å². The van der Waals surface area contributed by atoms with Crippen LogP contribution in [-0.4, -0.2) is 24.7 Å². The largest absolute Gasteiger partial charge is 0.508 e. The van der Waals surface area contributed by atoms with E-state index in [1.54, 1.807) is 48.5 Å². The van der Waals surface area contributed by atoms with Gasteiger partial charge in [-0.15, -0.1) is 0 Å². The highest BCUT2D eigenvalue weighted by molar-refractivity contribution is 7.93. The van der Waals surface area contributed by atoms with Crippen LogP contribution in [0.4, 0.5) is 20.2 Å². The van der Waals surface area contributed by atoms with Crippen LogP contribution in [0.1, 0.15) is 29.8 Å². The van der Waals surface area contributed by atoms with Crippen LogP contribution in [0, 0.1) is 11.6 Å². The first-order valence-electron chi connectivity index (χ1n) is 12.0. The van der Waals surface area contributed by atoms with Gasteiger partial charge in [0.2, 0.25) is 10.0 Å².